The minimum atomic E-state index is 0.0433. The largest absolute Gasteiger partial charge is 0.349 e. The Labute approximate surface area is 141 Å². The summed E-state index contributed by atoms with van der Waals surface area (Å²) in [6.07, 6.45) is 1.94. The van der Waals surface area contributed by atoms with Gasteiger partial charge in [0.05, 0.1) is 16.1 Å². The number of halogens is 2. The minimum absolute atomic E-state index is 0.0433. The molecule has 0 aliphatic carbocycles. The molecule has 0 spiro atoms. The zero-order valence-corrected chi connectivity index (χ0v) is 14.0. The van der Waals surface area contributed by atoms with Crippen molar-refractivity contribution in [3.8, 4) is 0 Å². The fourth-order valence-corrected chi connectivity index (χ4v) is 2.65. The number of hydrogen-bond donors (Lipinski definition) is 1. The van der Waals surface area contributed by atoms with Gasteiger partial charge in [0, 0.05) is 6.42 Å². The standard InChI is InChI=1S/C18H19Cl2NO/c1-2-17(14-6-4-3-5-7-14)21-18(22)11-9-13-8-10-15(19)16(20)12-13/h3-8,10,12,17H,2,9,11H2,1H3,(H,21,22)/t17-/m0/s1. The Morgan fingerprint density at radius 1 is 1.09 bits per heavy atom. The summed E-state index contributed by atoms with van der Waals surface area (Å²) in [7, 11) is 0. The minimum Gasteiger partial charge on any atom is -0.349 e. The molecule has 0 saturated carbocycles. The number of rotatable bonds is 6. The highest BCUT2D eigenvalue weighted by molar-refractivity contribution is 6.42. The van der Waals surface area contributed by atoms with E-state index < -0.39 is 0 Å². The molecule has 0 saturated heterocycles. The summed E-state index contributed by atoms with van der Waals surface area (Å²) >= 11 is 11.9. The molecule has 2 nitrogen and oxygen atoms in total. The van der Waals surface area contributed by atoms with Crippen molar-refractivity contribution in [2.45, 2.75) is 32.2 Å². The third kappa shape index (κ3) is 4.75. The Kier molecular flexibility index (Phi) is 6.29. The summed E-state index contributed by atoms with van der Waals surface area (Å²) in [4.78, 5) is 12.1. The predicted molar refractivity (Wildman–Crippen MR) is 92.4 cm³/mol. The van der Waals surface area contributed by atoms with Crippen LogP contribution in [0.4, 0.5) is 0 Å². The van der Waals surface area contributed by atoms with E-state index in [1.54, 1.807) is 6.07 Å². The van der Waals surface area contributed by atoms with E-state index in [4.69, 9.17) is 23.2 Å². The molecule has 0 aliphatic heterocycles. The maximum Gasteiger partial charge on any atom is 0.220 e. The number of amides is 1. The van der Waals surface area contributed by atoms with Gasteiger partial charge in [0.15, 0.2) is 0 Å². The van der Waals surface area contributed by atoms with Crippen molar-refractivity contribution in [3.63, 3.8) is 0 Å². The lowest BCUT2D eigenvalue weighted by Gasteiger charge is -2.17. The first kappa shape index (κ1) is 16.9. The van der Waals surface area contributed by atoms with E-state index in [0.717, 1.165) is 17.5 Å². The second-order valence-electron chi connectivity index (χ2n) is 5.19. The van der Waals surface area contributed by atoms with Gasteiger partial charge in [-0.1, -0.05) is 66.5 Å². The topological polar surface area (TPSA) is 29.1 Å². The zero-order valence-electron chi connectivity index (χ0n) is 12.5. The Bertz CT molecular complexity index is 628. The van der Waals surface area contributed by atoms with Gasteiger partial charge in [0.25, 0.3) is 0 Å². The number of carbonyl (C=O) groups excluding carboxylic acids is 1. The summed E-state index contributed by atoms with van der Waals surface area (Å²) in [6, 6.07) is 15.5. The summed E-state index contributed by atoms with van der Waals surface area (Å²) in [5.74, 6) is 0.0433. The molecule has 2 rings (SSSR count). The molecular weight excluding hydrogens is 317 g/mol. The van der Waals surface area contributed by atoms with Crippen molar-refractivity contribution in [2.75, 3.05) is 0 Å². The molecule has 1 N–H and O–H groups in total. The number of hydrogen-bond acceptors (Lipinski definition) is 1. The maximum absolute atomic E-state index is 12.1. The second-order valence-corrected chi connectivity index (χ2v) is 6.00. The van der Waals surface area contributed by atoms with Gasteiger partial charge in [-0.05, 0) is 36.1 Å². The number of aryl methyl sites for hydroxylation is 1. The first-order chi connectivity index (χ1) is 10.6. The van der Waals surface area contributed by atoms with E-state index in [1.807, 2.05) is 42.5 Å². The van der Waals surface area contributed by atoms with Crippen molar-refractivity contribution in [3.05, 3.63) is 69.7 Å². The molecule has 1 atom stereocenters. The van der Waals surface area contributed by atoms with Gasteiger partial charge in [-0.25, -0.2) is 0 Å². The summed E-state index contributed by atoms with van der Waals surface area (Å²) < 4.78 is 0. The van der Waals surface area contributed by atoms with Crippen molar-refractivity contribution in [1.29, 1.82) is 0 Å². The predicted octanol–water partition coefficient (Wildman–Crippen LogP) is 5.19. The van der Waals surface area contributed by atoms with Crippen molar-refractivity contribution in [1.82, 2.24) is 5.32 Å². The Balaban J connectivity index is 1.90. The van der Waals surface area contributed by atoms with E-state index in [-0.39, 0.29) is 11.9 Å². The van der Waals surface area contributed by atoms with Crippen LogP contribution in [-0.2, 0) is 11.2 Å². The van der Waals surface area contributed by atoms with Crippen LogP contribution in [0.3, 0.4) is 0 Å². The van der Waals surface area contributed by atoms with Crippen LogP contribution in [-0.4, -0.2) is 5.91 Å². The highest BCUT2D eigenvalue weighted by atomic mass is 35.5. The van der Waals surface area contributed by atoms with Gasteiger partial charge in [-0.15, -0.1) is 0 Å². The van der Waals surface area contributed by atoms with Crippen LogP contribution >= 0.6 is 23.2 Å². The molecule has 0 unspecified atom stereocenters. The number of carbonyl (C=O) groups is 1. The van der Waals surface area contributed by atoms with Crippen LogP contribution in [0.5, 0.6) is 0 Å². The normalized spacial score (nSPS) is 12.0. The van der Waals surface area contributed by atoms with Gasteiger partial charge < -0.3 is 5.32 Å². The first-order valence-electron chi connectivity index (χ1n) is 7.38. The average Bonchev–Trinajstić information content (AvgIpc) is 2.54. The highest BCUT2D eigenvalue weighted by Crippen LogP contribution is 2.23. The van der Waals surface area contributed by atoms with Crippen LogP contribution in [0.15, 0.2) is 48.5 Å². The molecule has 0 aromatic heterocycles. The molecule has 0 bridgehead atoms. The highest BCUT2D eigenvalue weighted by Gasteiger charge is 2.12. The fourth-order valence-electron chi connectivity index (χ4n) is 2.33. The smallest absolute Gasteiger partial charge is 0.220 e. The van der Waals surface area contributed by atoms with Crippen LogP contribution in [0.2, 0.25) is 10.0 Å². The molecule has 0 aliphatic rings. The van der Waals surface area contributed by atoms with E-state index >= 15 is 0 Å². The maximum atomic E-state index is 12.1. The summed E-state index contributed by atoms with van der Waals surface area (Å²) in [5, 5.41) is 4.14. The lowest BCUT2D eigenvalue weighted by molar-refractivity contribution is -0.121. The Morgan fingerprint density at radius 2 is 1.82 bits per heavy atom. The Morgan fingerprint density at radius 3 is 2.45 bits per heavy atom. The van der Waals surface area contributed by atoms with Gasteiger partial charge in [0.2, 0.25) is 5.91 Å². The molecule has 22 heavy (non-hydrogen) atoms. The number of benzene rings is 2. The van der Waals surface area contributed by atoms with Gasteiger partial charge in [-0.3, -0.25) is 4.79 Å². The molecule has 2 aromatic rings. The Hall–Kier alpha value is -1.51. The van der Waals surface area contributed by atoms with Crippen LogP contribution in [0.1, 0.15) is 36.9 Å². The first-order valence-corrected chi connectivity index (χ1v) is 8.14. The molecule has 2 aromatic carbocycles. The van der Waals surface area contributed by atoms with Crippen molar-refractivity contribution >= 4 is 29.1 Å². The van der Waals surface area contributed by atoms with E-state index in [9.17, 15) is 4.79 Å². The van der Waals surface area contributed by atoms with Crippen LogP contribution in [0.25, 0.3) is 0 Å². The van der Waals surface area contributed by atoms with Crippen LogP contribution < -0.4 is 5.32 Å². The quantitative estimate of drug-likeness (QED) is 0.772. The molecular formula is C18H19Cl2NO. The SMILES string of the molecule is CC[C@H](NC(=O)CCc1ccc(Cl)c(Cl)c1)c1ccccc1. The molecule has 0 heterocycles. The third-order valence-electron chi connectivity index (χ3n) is 3.57. The van der Waals surface area contributed by atoms with E-state index in [1.165, 1.54) is 0 Å². The van der Waals surface area contributed by atoms with Gasteiger partial charge >= 0.3 is 0 Å². The molecule has 116 valence electrons. The average molecular weight is 336 g/mol. The van der Waals surface area contributed by atoms with Crippen molar-refractivity contribution < 1.29 is 4.79 Å². The van der Waals surface area contributed by atoms with Gasteiger partial charge in [-0.2, -0.15) is 0 Å². The van der Waals surface area contributed by atoms with E-state index in [2.05, 4.69) is 12.2 Å². The summed E-state index contributed by atoms with van der Waals surface area (Å²) in [6.45, 7) is 2.07. The number of nitrogens with one attached hydrogen (secondary N) is 1. The van der Waals surface area contributed by atoms with Crippen LogP contribution in [0, 0.1) is 0 Å². The lowest BCUT2D eigenvalue weighted by atomic mass is 10.0. The fraction of sp³-hybridized carbons (Fsp3) is 0.278. The zero-order chi connectivity index (χ0) is 15.9. The van der Waals surface area contributed by atoms with Gasteiger partial charge in [0.1, 0.15) is 0 Å². The molecule has 4 heteroatoms. The molecule has 0 radical (unpaired) electrons. The second kappa shape index (κ2) is 8.21. The summed E-state index contributed by atoms with van der Waals surface area (Å²) in [5.41, 5.74) is 2.14. The molecule has 0 fully saturated rings. The van der Waals surface area contributed by atoms with Crippen molar-refractivity contribution in [2.24, 2.45) is 0 Å². The third-order valence-corrected chi connectivity index (χ3v) is 4.31. The lowest BCUT2D eigenvalue weighted by Crippen LogP contribution is -2.28. The van der Waals surface area contributed by atoms with E-state index in [0.29, 0.717) is 22.9 Å². The molecule has 1 amide bonds. The monoisotopic (exact) mass is 335 g/mol.